The molecule has 0 saturated carbocycles. The van der Waals surface area contributed by atoms with Crippen LogP contribution in [0.15, 0.2) is 30.3 Å². The lowest BCUT2D eigenvalue weighted by Crippen LogP contribution is -2.61. The van der Waals surface area contributed by atoms with Crippen LogP contribution < -0.4 is 65.1 Å². The third-order valence-corrected chi connectivity index (χ3v) is 11.5. The molecule has 9 atom stereocenters. The molecule has 1 rings (SSSR count). The van der Waals surface area contributed by atoms with E-state index in [2.05, 4.69) is 47.9 Å². The summed E-state index contributed by atoms with van der Waals surface area (Å²) in [6, 6.07) is -0.549. The standard InChI is InChI=1S/C47H78N12O14/c1-6-27(4)39(45(70)56-33(47(72)73)17-11-13-21-49)59-43(68)32(18-19-37(64)65)55-44(69)38(26(2)3)58-42(67)31(16-10-12-20-48)54-46(71)40(28(5)60)57-36(63)25-52-34(61)23-51-35(62)24-53-41(66)30(50)22-29-14-8-7-9-15-29/h7-9,14-15,26-28,30-33,38-40,60H,6,10-13,16-25,48-50H2,1-5H3,(H,51,62)(H,52,61)(H,53,66)(H,54,71)(H,55,69)(H,56,70)(H,57,63)(H,58,67)(H,59,68)(H,64,65)(H,72,73)/t27-,28+,30-,31-,32-,33-,38-,39-,40-/m0/s1. The molecule has 26 nitrogen and oxygen atoms in total. The summed E-state index contributed by atoms with van der Waals surface area (Å²) in [4.78, 5) is 142. The highest BCUT2D eigenvalue weighted by molar-refractivity contribution is 5.97. The number of unbranched alkanes of at least 4 members (excludes halogenated alkanes) is 2. The van der Waals surface area contributed by atoms with Crippen LogP contribution in [-0.2, 0) is 59.2 Å². The van der Waals surface area contributed by atoms with E-state index in [1.54, 1.807) is 52.0 Å². The minimum Gasteiger partial charge on any atom is -0.481 e. The molecule has 0 fully saturated rings. The molecule has 0 saturated heterocycles. The Kier molecular flexibility index (Phi) is 30.4. The largest absolute Gasteiger partial charge is 0.481 e. The molecule has 18 N–H and O–H groups in total. The lowest BCUT2D eigenvalue weighted by molar-refractivity contribution is -0.143. The zero-order valence-corrected chi connectivity index (χ0v) is 42.3. The fourth-order valence-corrected chi connectivity index (χ4v) is 6.95. The molecule has 1 aromatic carbocycles. The van der Waals surface area contributed by atoms with E-state index < -0.39 is 158 Å². The number of rotatable bonds is 36. The Hall–Kier alpha value is -6.77. The van der Waals surface area contributed by atoms with Gasteiger partial charge in [0.15, 0.2) is 0 Å². The highest BCUT2D eigenvalue weighted by atomic mass is 16.4. The second-order valence-corrected chi connectivity index (χ2v) is 18.0. The van der Waals surface area contributed by atoms with Crippen molar-refractivity contribution >= 4 is 65.1 Å². The Morgan fingerprint density at radius 1 is 0.534 bits per heavy atom. The molecule has 73 heavy (non-hydrogen) atoms. The third-order valence-electron chi connectivity index (χ3n) is 11.5. The van der Waals surface area contributed by atoms with E-state index in [0.717, 1.165) is 5.56 Å². The van der Waals surface area contributed by atoms with Gasteiger partial charge in [0.05, 0.1) is 31.8 Å². The van der Waals surface area contributed by atoms with Crippen molar-refractivity contribution in [2.24, 2.45) is 29.0 Å². The molecular weight excluding hydrogens is 957 g/mol. The maximum absolute atomic E-state index is 13.9. The lowest BCUT2D eigenvalue weighted by Gasteiger charge is -2.30. The van der Waals surface area contributed by atoms with Crippen molar-refractivity contribution in [2.45, 2.75) is 147 Å². The number of aliphatic hydroxyl groups is 1. The summed E-state index contributed by atoms with van der Waals surface area (Å²) in [7, 11) is 0. The molecule has 0 aromatic heterocycles. The maximum atomic E-state index is 13.9. The van der Waals surface area contributed by atoms with E-state index in [4.69, 9.17) is 17.2 Å². The van der Waals surface area contributed by atoms with Gasteiger partial charge in [-0.15, -0.1) is 0 Å². The SMILES string of the molecule is CC[C@H](C)[C@H](NC(=O)[C@H](CCC(=O)O)NC(=O)[C@@H](NC(=O)[C@H](CCCCN)NC(=O)[C@@H](NC(=O)CNC(=O)CNC(=O)CNC(=O)[C@@H](N)Cc1ccccc1)[C@@H](C)O)C(C)C)C(=O)N[C@@H](CCCCN)C(=O)O. The number of aliphatic carboxylic acids is 2. The van der Waals surface area contributed by atoms with E-state index in [-0.39, 0.29) is 25.8 Å². The topological polar surface area (TPSA) is 435 Å². The van der Waals surface area contributed by atoms with Crippen LogP contribution in [0.2, 0.25) is 0 Å². The average molecular weight is 1040 g/mol. The minimum atomic E-state index is -1.67. The van der Waals surface area contributed by atoms with Gasteiger partial charge in [-0.2, -0.15) is 0 Å². The molecule has 26 heteroatoms. The van der Waals surface area contributed by atoms with Crippen LogP contribution in [0.1, 0.15) is 98.0 Å². The van der Waals surface area contributed by atoms with Gasteiger partial charge < -0.3 is 80.4 Å². The second kappa shape index (κ2) is 34.6. The van der Waals surface area contributed by atoms with Gasteiger partial charge in [-0.3, -0.25) is 47.9 Å². The van der Waals surface area contributed by atoms with Gasteiger partial charge in [0.1, 0.15) is 36.3 Å². The van der Waals surface area contributed by atoms with Crippen LogP contribution in [0.5, 0.6) is 0 Å². The number of aliphatic hydroxyl groups excluding tert-OH is 1. The smallest absolute Gasteiger partial charge is 0.326 e. The average Bonchev–Trinajstić information content (AvgIpc) is 3.34. The monoisotopic (exact) mass is 1030 g/mol. The predicted molar refractivity (Wildman–Crippen MR) is 265 cm³/mol. The number of carboxylic acid groups (broad SMARTS) is 2. The van der Waals surface area contributed by atoms with Gasteiger partial charge in [-0.05, 0) is 88.8 Å². The number of hydrogen-bond acceptors (Lipinski definition) is 15. The first kappa shape index (κ1) is 64.2. The first-order valence-corrected chi connectivity index (χ1v) is 24.4. The van der Waals surface area contributed by atoms with Crippen molar-refractivity contribution in [1.29, 1.82) is 0 Å². The van der Waals surface area contributed by atoms with E-state index >= 15 is 0 Å². The fraction of sp³-hybridized carbons (Fsp3) is 0.638. The van der Waals surface area contributed by atoms with Gasteiger partial charge in [0.2, 0.25) is 53.2 Å². The molecule has 0 aliphatic rings. The molecule has 0 spiro atoms. The molecular formula is C47H78N12O14. The molecule has 0 aliphatic heterocycles. The number of nitrogens with one attached hydrogen (secondary N) is 9. The maximum Gasteiger partial charge on any atom is 0.326 e. The number of carbonyl (C=O) groups is 11. The lowest BCUT2D eigenvalue weighted by atomic mass is 9.96. The van der Waals surface area contributed by atoms with E-state index in [0.29, 0.717) is 38.6 Å². The quantitative estimate of drug-likeness (QED) is 0.0286. The van der Waals surface area contributed by atoms with Gasteiger partial charge in [-0.25, -0.2) is 4.79 Å². The van der Waals surface area contributed by atoms with Crippen molar-refractivity contribution in [2.75, 3.05) is 32.7 Å². The van der Waals surface area contributed by atoms with Crippen LogP contribution in [0.25, 0.3) is 0 Å². The van der Waals surface area contributed by atoms with Crippen molar-refractivity contribution in [1.82, 2.24) is 47.9 Å². The third kappa shape index (κ3) is 25.4. The highest BCUT2D eigenvalue weighted by Crippen LogP contribution is 2.13. The molecule has 0 heterocycles. The van der Waals surface area contributed by atoms with Gasteiger partial charge >= 0.3 is 11.9 Å². The number of carboxylic acids is 2. The van der Waals surface area contributed by atoms with E-state index in [1.807, 2.05) is 6.07 Å². The van der Waals surface area contributed by atoms with Gasteiger partial charge in [0, 0.05) is 6.42 Å². The summed E-state index contributed by atoms with van der Waals surface area (Å²) >= 11 is 0. The number of carbonyl (C=O) groups excluding carboxylic acids is 9. The number of amides is 9. The minimum absolute atomic E-state index is 0.0356. The Bertz CT molecular complexity index is 1990. The summed E-state index contributed by atoms with van der Waals surface area (Å²) in [6.45, 7) is 6.42. The molecule has 1 aromatic rings. The summed E-state index contributed by atoms with van der Waals surface area (Å²) < 4.78 is 0. The van der Waals surface area contributed by atoms with E-state index in [9.17, 15) is 68.1 Å². The normalized spacial score (nSPS) is 14.7. The summed E-state index contributed by atoms with van der Waals surface area (Å²) in [5.41, 5.74) is 17.9. The zero-order chi connectivity index (χ0) is 55.2. The van der Waals surface area contributed by atoms with Crippen LogP contribution in [0, 0.1) is 11.8 Å². The van der Waals surface area contributed by atoms with Crippen LogP contribution in [0.4, 0.5) is 0 Å². The Morgan fingerprint density at radius 2 is 1.00 bits per heavy atom. The molecule has 0 bridgehead atoms. The molecule has 410 valence electrons. The molecule has 0 unspecified atom stereocenters. The van der Waals surface area contributed by atoms with Crippen LogP contribution in [0.3, 0.4) is 0 Å². The molecule has 0 aliphatic carbocycles. The Morgan fingerprint density at radius 3 is 1.49 bits per heavy atom. The van der Waals surface area contributed by atoms with Crippen molar-refractivity contribution in [3.8, 4) is 0 Å². The van der Waals surface area contributed by atoms with Crippen molar-refractivity contribution in [3.63, 3.8) is 0 Å². The summed E-state index contributed by atoms with van der Waals surface area (Å²) in [6.07, 6.45) is -0.370. The van der Waals surface area contributed by atoms with Gasteiger partial charge in [0.25, 0.3) is 0 Å². The number of hydrogen-bond donors (Lipinski definition) is 15. The van der Waals surface area contributed by atoms with Crippen molar-refractivity contribution < 1.29 is 68.1 Å². The predicted octanol–water partition coefficient (Wildman–Crippen LogP) is -3.90. The zero-order valence-electron chi connectivity index (χ0n) is 42.3. The Labute approximate surface area is 425 Å². The fourth-order valence-electron chi connectivity index (χ4n) is 6.95. The van der Waals surface area contributed by atoms with Crippen LogP contribution in [-0.4, -0.2) is 162 Å². The first-order valence-electron chi connectivity index (χ1n) is 24.4. The summed E-state index contributed by atoms with van der Waals surface area (Å²) in [5.74, 6) is -11.5. The van der Waals surface area contributed by atoms with Gasteiger partial charge in [-0.1, -0.05) is 64.4 Å². The number of benzene rings is 1. The first-order chi connectivity index (χ1) is 34.4. The highest BCUT2D eigenvalue weighted by Gasteiger charge is 2.36. The summed E-state index contributed by atoms with van der Waals surface area (Å²) in [5, 5.41) is 51.4. The molecule has 9 amide bonds. The van der Waals surface area contributed by atoms with E-state index in [1.165, 1.54) is 6.92 Å². The molecule has 0 radical (unpaired) electrons. The number of nitrogens with two attached hydrogens (primary N) is 3. The Balaban J connectivity index is 3.07. The van der Waals surface area contributed by atoms with Crippen molar-refractivity contribution in [3.05, 3.63) is 35.9 Å². The second-order valence-electron chi connectivity index (χ2n) is 18.0. The van der Waals surface area contributed by atoms with Crippen LogP contribution >= 0.6 is 0 Å².